The van der Waals surface area contributed by atoms with Crippen molar-refractivity contribution >= 4 is 17.6 Å². The smallest absolute Gasteiger partial charge is 0.341 e. The molecule has 0 aromatic heterocycles. The molecule has 0 bridgehead atoms. The van der Waals surface area contributed by atoms with Crippen LogP contribution in [0.4, 0.5) is 10.1 Å². The highest BCUT2D eigenvalue weighted by atomic mass is 19.1. The molecule has 0 aliphatic carbocycles. The third-order valence-electron chi connectivity index (χ3n) is 3.61. The van der Waals surface area contributed by atoms with Crippen molar-refractivity contribution in [2.24, 2.45) is 0 Å². The van der Waals surface area contributed by atoms with Crippen molar-refractivity contribution in [1.29, 1.82) is 0 Å². The number of carbonyl (C=O) groups is 2. The van der Waals surface area contributed by atoms with Gasteiger partial charge in [-0.2, -0.15) is 0 Å². The summed E-state index contributed by atoms with van der Waals surface area (Å²) in [6.45, 7) is 1.89. The maximum atomic E-state index is 12.9. The van der Waals surface area contributed by atoms with Crippen LogP contribution in [-0.4, -0.2) is 36.2 Å². The molecule has 2 aromatic carbocycles. The number of rotatable bonds is 8. The summed E-state index contributed by atoms with van der Waals surface area (Å²) in [5, 5.41) is 14.4. The Labute approximate surface area is 151 Å². The zero-order valence-corrected chi connectivity index (χ0v) is 14.4. The molecule has 2 aromatic rings. The molecule has 7 heteroatoms. The van der Waals surface area contributed by atoms with E-state index in [1.807, 2.05) is 0 Å². The van der Waals surface area contributed by atoms with Gasteiger partial charge >= 0.3 is 5.97 Å². The van der Waals surface area contributed by atoms with E-state index in [1.54, 1.807) is 36.4 Å². The van der Waals surface area contributed by atoms with Crippen LogP contribution in [0.1, 0.15) is 22.8 Å². The number of ether oxygens (including phenoxy) is 1. The van der Waals surface area contributed by atoms with Gasteiger partial charge in [0, 0.05) is 18.8 Å². The minimum atomic E-state index is -0.992. The lowest BCUT2D eigenvalue weighted by Crippen LogP contribution is -2.35. The molecular weight excluding hydrogens is 339 g/mol. The largest absolute Gasteiger partial charge is 0.449 e. The van der Waals surface area contributed by atoms with Gasteiger partial charge in [0.2, 0.25) is 0 Å². The predicted octanol–water partition coefficient (Wildman–Crippen LogP) is 2.09. The van der Waals surface area contributed by atoms with Crippen LogP contribution in [0.5, 0.6) is 0 Å². The number of aliphatic hydroxyl groups excluding tert-OH is 1. The van der Waals surface area contributed by atoms with Gasteiger partial charge in [-0.15, -0.1) is 0 Å². The van der Waals surface area contributed by atoms with E-state index in [4.69, 9.17) is 9.84 Å². The molecule has 0 radical (unpaired) electrons. The average Bonchev–Trinajstić information content (AvgIpc) is 2.65. The first-order valence-corrected chi connectivity index (χ1v) is 8.18. The van der Waals surface area contributed by atoms with Crippen molar-refractivity contribution < 1.29 is 23.8 Å². The number of hydrogen-bond acceptors (Lipinski definition) is 5. The zero-order chi connectivity index (χ0) is 18.9. The average molecular weight is 360 g/mol. The highest BCUT2D eigenvalue weighted by molar-refractivity contribution is 5.97. The summed E-state index contributed by atoms with van der Waals surface area (Å²) < 4.78 is 18.1. The second-order valence-corrected chi connectivity index (χ2v) is 5.59. The fourth-order valence-corrected chi connectivity index (χ4v) is 2.22. The second-order valence-electron chi connectivity index (χ2n) is 5.59. The van der Waals surface area contributed by atoms with Crippen LogP contribution in [0.2, 0.25) is 0 Å². The SMILES string of the molecule is C[C@H](OC(=O)c1ccccc1NCCO)C(=O)NCc1ccc(F)cc1. The normalized spacial score (nSPS) is 11.5. The number of amides is 1. The number of hydrogen-bond donors (Lipinski definition) is 3. The number of carbonyl (C=O) groups excluding carboxylic acids is 2. The van der Waals surface area contributed by atoms with E-state index in [0.717, 1.165) is 5.56 Å². The van der Waals surface area contributed by atoms with Gasteiger partial charge in [-0.1, -0.05) is 24.3 Å². The Balaban J connectivity index is 1.91. The molecule has 26 heavy (non-hydrogen) atoms. The topological polar surface area (TPSA) is 87.7 Å². The quantitative estimate of drug-likeness (QED) is 0.628. The maximum absolute atomic E-state index is 12.9. The summed E-state index contributed by atoms with van der Waals surface area (Å²) in [6.07, 6.45) is -0.992. The molecule has 0 saturated carbocycles. The Hall–Kier alpha value is -2.93. The monoisotopic (exact) mass is 360 g/mol. The van der Waals surface area contributed by atoms with Crippen molar-refractivity contribution in [3.63, 3.8) is 0 Å². The summed E-state index contributed by atoms with van der Waals surface area (Å²) in [5.41, 5.74) is 1.53. The van der Waals surface area contributed by atoms with Gasteiger partial charge in [0.15, 0.2) is 6.10 Å². The molecule has 2 rings (SSSR count). The van der Waals surface area contributed by atoms with Crippen LogP contribution in [0.25, 0.3) is 0 Å². The van der Waals surface area contributed by atoms with Crippen LogP contribution in [0.15, 0.2) is 48.5 Å². The van der Waals surface area contributed by atoms with Crippen molar-refractivity contribution in [3.8, 4) is 0 Å². The summed E-state index contributed by atoms with van der Waals surface area (Å²) in [5.74, 6) is -1.45. The van der Waals surface area contributed by atoms with Gasteiger partial charge < -0.3 is 20.5 Å². The number of halogens is 1. The summed E-state index contributed by atoms with van der Waals surface area (Å²) in [7, 11) is 0. The molecule has 0 saturated heterocycles. The fourth-order valence-electron chi connectivity index (χ4n) is 2.22. The van der Waals surface area contributed by atoms with Crippen LogP contribution >= 0.6 is 0 Å². The molecule has 0 aliphatic heterocycles. The van der Waals surface area contributed by atoms with E-state index < -0.39 is 18.0 Å². The molecule has 0 fully saturated rings. The molecule has 138 valence electrons. The Morgan fingerprint density at radius 1 is 1.15 bits per heavy atom. The third-order valence-corrected chi connectivity index (χ3v) is 3.61. The minimum absolute atomic E-state index is 0.0778. The summed E-state index contributed by atoms with van der Waals surface area (Å²) in [4.78, 5) is 24.4. The molecule has 6 nitrogen and oxygen atoms in total. The number of esters is 1. The molecule has 0 aliphatic rings. The van der Waals surface area contributed by atoms with Gasteiger partial charge in [0.25, 0.3) is 5.91 Å². The molecular formula is C19H21FN2O4. The van der Waals surface area contributed by atoms with E-state index >= 15 is 0 Å². The van der Waals surface area contributed by atoms with Gasteiger partial charge in [-0.3, -0.25) is 4.79 Å². The Morgan fingerprint density at radius 2 is 1.85 bits per heavy atom. The Morgan fingerprint density at radius 3 is 2.54 bits per heavy atom. The lowest BCUT2D eigenvalue weighted by atomic mass is 10.1. The maximum Gasteiger partial charge on any atom is 0.341 e. The lowest BCUT2D eigenvalue weighted by Gasteiger charge is -2.15. The van der Waals surface area contributed by atoms with Gasteiger partial charge in [0.05, 0.1) is 12.2 Å². The van der Waals surface area contributed by atoms with Crippen LogP contribution in [0, 0.1) is 5.82 Å². The zero-order valence-electron chi connectivity index (χ0n) is 14.4. The highest BCUT2D eigenvalue weighted by Crippen LogP contribution is 2.16. The number of aliphatic hydroxyl groups is 1. The van der Waals surface area contributed by atoms with Crippen LogP contribution in [0.3, 0.4) is 0 Å². The number of benzene rings is 2. The predicted molar refractivity (Wildman–Crippen MR) is 95.1 cm³/mol. The van der Waals surface area contributed by atoms with Crippen molar-refractivity contribution in [3.05, 3.63) is 65.5 Å². The van der Waals surface area contributed by atoms with Gasteiger partial charge in [-0.25, -0.2) is 9.18 Å². The molecule has 3 N–H and O–H groups in total. The van der Waals surface area contributed by atoms with E-state index in [-0.39, 0.29) is 31.1 Å². The Bertz CT molecular complexity index is 749. The molecule has 1 atom stereocenters. The van der Waals surface area contributed by atoms with E-state index in [0.29, 0.717) is 5.69 Å². The first-order chi connectivity index (χ1) is 12.5. The first kappa shape index (κ1) is 19.4. The summed E-state index contributed by atoms with van der Waals surface area (Å²) >= 11 is 0. The Kier molecular flexibility index (Phi) is 7.11. The molecule has 0 heterocycles. The highest BCUT2D eigenvalue weighted by Gasteiger charge is 2.20. The van der Waals surface area contributed by atoms with Crippen molar-refractivity contribution in [2.45, 2.75) is 19.6 Å². The van der Waals surface area contributed by atoms with Gasteiger partial charge in [-0.05, 0) is 36.8 Å². The van der Waals surface area contributed by atoms with Crippen LogP contribution in [-0.2, 0) is 16.1 Å². The summed E-state index contributed by atoms with van der Waals surface area (Å²) in [6, 6.07) is 12.4. The van der Waals surface area contributed by atoms with E-state index in [1.165, 1.54) is 19.1 Å². The van der Waals surface area contributed by atoms with Gasteiger partial charge in [0.1, 0.15) is 5.82 Å². The molecule has 0 unspecified atom stereocenters. The van der Waals surface area contributed by atoms with Crippen molar-refractivity contribution in [2.75, 3.05) is 18.5 Å². The fraction of sp³-hybridized carbons (Fsp3) is 0.263. The number of nitrogens with one attached hydrogen (secondary N) is 2. The standard InChI is InChI=1S/C19H21FN2O4/c1-13(18(24)22-12-14-6-8-15(20)9-7-14)26-19(25)16-4-2-3-5-17(16)21-10-11-23/h2-9,13,21,23H,10-12H2,1H3,(H,22,24)/t13-/m0/s1. The molecule has 0 spiro atoms. The van der Waals surface area contributed by atoms with Crippen LogP contribution < -0.4 is 10.6 Å². The third kappa shape index (κ3) is 5.56. The second kappa shape index (κ2) is 9.53. The first-order valence-electron chi connectivity index (χ1n) is 8.18. The van der Waals surface area contributed by atoms with E-state index in [9.17, 15) is 14.0 Å². The number of para-hydroxylation sites is 1. The van der Waals surface area contributed by atoms with Crippen molar-refractivity contribution in [1.82, 2.24) is 5.32 Å². The molecule has 1 amide bonds. The lowest BCUT2D eigenvalue weighted by molar-refractivity contribution is -0.129. The number of anilines is 1. The van der Waals surface area contributed by atoms with E-state index in [2.05, 4.69) is 10.6 Å². The minimum Gasteiger partial charge on any atom is -0.449 e.